The maximum absolute atomic E-state index is 12.1. The predicted octanol–water partition coefficient (Wildman–Crippen LogP) is 5.68. The van der Waals surface area contributed by atoms with Crippen LogP contribution in [0.2, 0.25) is 5.02 Å². The Morgan fingerprint density at radius 3 is 2.35 bits per heavy atom. The third-order valence-corrected chi connectivity index (χ3v) is 4.81. The van der Waals surface area contributed by atoms with E-state index in [0.717, 1.165) is 10.5 Å². The summed E-state index contributed by atoms with van der Waals surface area (Å²) < 4.78 is 0. The summed E-state index contributed by atoms with van der Waals surface area (Å²) in [7, 11) is 0. The molecule has 0 unspecified atom stereocenters. The summed E-state index contributed by atoms with van der Waals surface area (Å²) in [6, 6.07) is 14.0. The number of rotatable bonds is 4. The van der Waals surface area contributed by atoms with Crippen molar-refractivity contribution in [2.24, 2.45) is 0 Å². The van der Waals surface area contributed by atoms with Gasteiger partial charge in [-0.2, -0.15) is 0 Å². The highest BCUT2D eigenvalue weighted by Gasteiger charge is 2.13. The van der Waals surface area contributed by atoms with E-state index in [9.17, 15) is 4.79 Å². The van der Waals surface area contributed by atoms with E-state index in [2.05, 4.69) is 50.4 Å². The third-order valence-electron chi connectivity index (χ3n) is 3.49. The first-order chi connectivity index (χ1) is 10.8. The highest BCUT2D eigenvalue weighted by atomic mass is 35.5. The van der Waals surface area contributed by atoms with Crippen molar-refractivity contribution in [3.63, 3.8) is 0 Å². The second-order valence-corrected chi connectivity index (χ2v) is 8.05. The molecule has 0 bridgehead atoms. The SMILES string of the molecule is Cc1ccc(NC(=O)CSc2ccc(C(C)(C)C)cc2)c(Cl)c1. The van der Waals surface area contributed by atoms with Gasteiger partial charge in [0.2, 0.25) is 5.91 Å². The Labute approximate surface area is 147 Å². The molecular formula is C19H22ClNOS. The van der Waals surface area contributed by atoms with Gasteiger partial charge in [0.15, 0.2) is 0 Å². The van der Waals surface area contributed by atoms with Crippen molar-refractivity contribution in [2.75, 3.05) is 11.1 Å². The van der Waals surface area contributed by atoms with E-state index < -0.39 is 0 Å². The fraction of sp³-hybridized carbons (Fsp3) is 0.316. The molecule has 0 heterocycles. The van der Waals surface area contributed by atoms with Crippen LogP contribution in [0.1, 0.15) is 31.9 Å². The summed E-state index contributed by atoms with van der Waals surface area (Å²) in [5.41, 5.74) is 3.16. The van der Waals surface area contributed by atoms with Gasteiger partial charge in [0, 0.05) is 4.90 Å². The van der Waals surface area contributed by atoms with Gasteiger partial charge < -0.3 is 5.32 Å². The van der Waals surface area contributed by atoms with Gasteiger partial charge in [-0.25, -0.2) is 0 Å². The molecular weight excluding hydrogens is 326 g/mol. The lowest BCUT2D eigenvalue weighted by molar-refractivity contribution is -0.113. The van der Waals surface area contributed by atoms with Crippen molar-refractivity contribution in [3.05, 3.63) is 58.6 Å². The number of carbonyl (C=O) groups excluding carboxylic acids is 1. The molecule has 2 nitrogen and oxygen atoms in total. The van der Waals surface area contributed by atoms with Gasteiger partial charge >= 0.3 is 0 Å². The molecule has 0 aromatic heterocycles. The lowest BCUT2D eigenvalue weighted by Crippen LogP contribution is -2.14. The van der Waals surface area contributed by atoms with Gasteiger partial charge in [-0.05, 0) is 47.7 Å². The second kappa shape index (κ2) is 7.41. The zero-order chi connectivity index (χ0) is 17.0. The van der Waals surface area contributed by atoms with Crippen molar-refractivity contribution in [3.8, 4) is 0 Å². The quantitative estimate of drug-likeness (QED) is 0.721. The fourth-order valence-electron chi connectivity index (χ4n) is 2.11. The zero-order valence-electron chi connectivity index (χ0n) is 13.9. The minimum absolute atomic E-state index is 0.0550. The summed E-state index contributed by atoms with van der Waals surface area (Å²) in [6.07, 6.45) is 0. The molecule has 1 N–H and O–H groups in total. The van der Waals surface area contributed by atoms with Crippen molar-refractivity contribution in [1.82, 2.24) is 0 Å². The lowest BCUT2D eigenvalue weighted by Gasteiger charge is -2.19. The van der Waals surface area contributed by atoms with Crippen molar-refractivity contribution in [1.29, 1.82) is 0 Å². The Morgan fingerprint density at radius 2 is 1.78 bits per heavy atom. The van der Waals surface area contributed by atoms with Crippen molar-refractivity contribution in [2.45, 2.75) is 38.0 Å². The molecule has 0 radical (unpaired) electrons. The molecule has 1 amide bonds. The maximum atomic E-state index is 12.1. The molecule has 2 aromatic rings. The number of carbonyl (C=O) groups is 1. The number of hydrogen-bond donors (Lipinski definition) is 1. The number of amides is 1. The van der Waals surface area contributed by atoms with Crippen LogP contribution in [0.3, 0.4) is 0 Å². The van der Waals surface area contributed by atoms with Crippen LogP contribution in [0.15, 0.2) is 47.4 Å². The summed E-state index contributed by atoms with van der Waals surface area (Å²) >= 11 is 7.65. The fourth-order valence-corrected chi connectivity index (χ4v) is 3.09. The van der Waals surface area contributed by atoms with E-state index in [1.54, 1.807) is 0 Å². The van der Waals surface area contributed by atoms with Gasteiger partial charge in [0.25, 0.3) is 0 Å². The first-order valence-corrected chi connectivity index (χ1v) is 8.91. The van der Waals surface area contributed by atoms with Crippen LogP contribution in [0.4, 0.5) is 5.69 Å². The maximum Gasteiger partial charge on any atom is 0.234 e. The number of hydrogen-bond acceptors (Lipinski definition) is 2. The van der Waals surface area contributed by atoms with E-state index >= 15 is 0 Å². The monoisotopic (exact) mass is 347 g/mol. The first-order valence-electron chi connectivity index (χ1n) is 7.55. The van der Waals surface area contributed by atoms with Gasteiger partial charge in [-0.1, -0.05) is 50.6 Å². The van der Waals surface area contributed by atoms with Crippen LogP contribution in [-0.2, 0) is 10.2 Å². The molecule has 0 saturated heterocycles. The number of aryl methyl sites for hydroxylation is 1. The Hall–Kier alpha value is -1.45. The Balaban J connectivity index is 1.91. The number of anilines is 1. The lowest BCUT2D eigenvalue weighted by atomic mass is 9.87. The van der Waals surface area contributed by atoms with Crippen molar-refractivity contribution >= 4 is 35.0 Å². The summed E-state index contributed by atoms with van der Waals surface area (Å²) in [5.74, 6) is 0.305. The molecule has 0 aliphatic heterocycles. The summed E-state index contributed by atoms with van der Waals surface area (Å²) in [6.45, 7) is 8.53. The number of nitrogens with one attached hydrogen (secondary N) is 1. The van der Waals surface area contributed by atoms with E-state index in [0.29, 0.717) is 16.5 Å². The van der Waals surface area contributed by atoms with Crippen LogP contribution >= 0.6 is 23.4 Å². The largest absolute Gasteiger partial charge is 0.324 e. The molecule has 23 heavy (non-hydrogen) atoms. The zero-order valence-corrected chi connectivity index (χ0v) is 15.5. The van der Waals surface area contributed by atoms with Crippen molar-refractivity contribution < 1.29 is 4.79 Å². The molecule has 2 rings (SSSR count). The van der Waals surface area contributed by atoms with Crippen LogP contribution in [0.5, 0.6) is 0 Å². The molecule has 4 heteroatoms. The number of thioether (sulfide) groups is 1. The normalized spacial score (nSPS) is 11.3. The van der Waals surface area contributed by atoms with E-state index in [1.807, 2.05) is 25.1 Å². The predicted molar refractivity (Wildman–Crippen MR) is 101 cm³/mol. The topological polar surface area (TPSA) is 29.1 Å². The summed E-state index contributed by atoms with van der Waals surface area (Å²) in [4.78, 5) is 13.1. The number of benzene rings is 2. The first kappa shape index (κ1) is 17.9. The minimum atomic E-state index is -0.0550. The molecule has 0 atom stereocenters. The highest BCUT2D eigenvalue weighted by Crippen LogP contribution is 2.26. The molecule has 0 aliphatic rings. The Kier molecular flexibility index (Phi) is 5.77. The van der Waals surface area contributed by atoms with Gasteiger partial charge in [-0.3, -0.25) is 4.79 Å². The molecule has 0 fully saturated rings. The standard InChI is InChI=1S/C19H22ClNOS/c1-13-5-10-17(16(20)11-13)21-18(22)12-23-15-8-6-14(7-9-15)19(2,3)4/h5-11H,12H2,1-4H3,(H,21,22). The van der Waals surface area contributed by atoms with Gasteiger partial charge in [0.05, 0.1) is 16.5 Å². The molecule has 2 aromatic carbocycles. The third kappa shape index (κ3) is 5.29. The second-order valence-electron chi connectivity index (χ2n) is 6.59. The van der Waals surface area contributed by atoms with Gasteiger partial charge in [-0.15, -0.1) is 11.8 Å². The van der Waals surface area contributed by atoms with Crippen LogP contribution in [0.25, 0.3) is 0 Å². The average molecular weight is 348 g/mol. The highest BCUT2D eigenvalue weighted by molar-refractivity contribution is 8.00. The smallest absolute Gasteiger partial charge is 0.234 e. The van der Waals surface area contributed by atoms with Crippen LogP contribution in [0, 0.1) is 6.92 Å². The van der Waals surface area contributed by atoms with E-state index in [1.165, 1.54) is 17.3 Å². The molecule has 0 aliphatic carbocycles. The average Bonchev–Trinajstić information content (AvgIpc) is 2.47. The van der Waals surface area contributed by atoms with E-state index in [4.69, 9.17) is 11.6 Å². The number of halogens is 1. The molecule has 122 valence electrons. The minimum Gasteiger partial charge on any atom is -0.324 e. The van der Waals surface area contributed by atoms with Crippen LogP contribution < -0.4 is 5.32 Å². The molecule has 0 saturated carbocycles. The Morgan fingerprint density at radius 1 is 1.13 bits per heavy atom. The Bertz CT molecular complexity index is 690. The van der Waals surface area contributed by atoms with Gasteiger partial charge in [0.1, 0.15) is 0 Å². The molecule has 0 spiro atoms. The van der Waals surface area contributed by atoms with E-state index in [-0.39, 0.29) is 11.3 Å². The van der Waals surface area contributed by atoms with Crippen LogP contribution in [-0.4, -0.2) is 11.7 Å². The summed E-state index contributed by atoms with van der Waals surface area (Å²) in [5, 5.41) is 3.42.